The van der Waals surface area contributed by atoms with Gasteiger partial charge in [-0.05, 0) is 59.0 Å². The van der Waals surface area contributed by atoms with E-state index in [-0.39, 0.29) is 12.5 Å². The Morgan fingerprint density at radius 3 is 2.33 bits per heavy atom. The largest absolute Gasteiger partial charge is 0.493 e. The van der Waals surface area contributed by atoms with Crippen LogP contribution in [0.5, 0.6) is 11.5 Å². The van der Waals surface area contributed by atoms with E-state index in [2.05, 4.69) is 16.9 Å². The highest BCUT2D eigenvalue weighted by atomic mass is 32.3. The maximum Gasteiger partial charge on any atom is 0.331 e. The summed E-state index contributed by atoms with van der Waals surface area (Å²) in [6, 6.07) is 23.8. The number of carbonyl (C=O) groups is 1. The van der Waals surface area contributed by atoms with Crippen molar-refractivity contribution in [3.8, 4) is 22.6 Å². The van der Waals surface area contributed by atoms with E-state index < -0.39 is 22.2 Å². The van der Waals surface area contributed by atoms with E-state index in [1.54, 1.807) is 0 Å². The fourth-order valence-electron chi connectivity index (χ4n) is 4.73. The molecular weight excluding hydrogens is 520 g/mol. The molecule has 3 aromatic carbocycles. The minimum atomic E-state index is -2.40. The molecule has 8 nitrogen and oxygen atoms in total. The third-order valence-corrected chi connectivity index (χ3v) is 9.00. The molecule has 2 aliphatic heterocycles. The summed E-state index contributed by atoms with van der Waals surface area (Å²) in [6.45, 7) is 1.57. The number of hydrogen-bond acceptors (Lipinski definition) is 8. The Labute approximate surface area is 230 Å². The minimum absolute atomic E-state index is 0.124. The van der Waals surface area contributed by atoms with E-state index in [0.717, 1.165) is 40.2 Å². The van der Waals surface area contributed by atoms with Gasteiger partial charge in [0.15, 0.2) is 0 Å². The molecule has 2 N–H and O–H groups in total. The predicted octanol–water partition coefficient (Wildman–Crippen LogP) is 5.50. The molecule has 1 unspecified atom stereocenters. The van der Waals surface area contributed by atoms with Crippen molar-refractivity contribution in [3.05, 3.63) is 83.9 Å². The van der Waals surface area contributed by atoms with Crippen molar-refractivity contribution in [1.82, 2.24) is 0 Å². The van der Waals surface area contributed by atoms with Crippen LogP contribution in [-0.4, -0.2) is 60.1 Å². The molecule has 0 aliphatic carbocycles. The summed E-state index contributed by atoms with van der Waals surface area (Å²) in [5.74, 6) is 2.19. The van der Waals surface area contributed by atoms with E-state index in [9.17, 15) is 13.9 Å². The molecule has 2 aliphatic rings. The molecule has 0 amide bonds. The van der Waals surface area contributed by atoms with Gasteiger partial charge in [0.25, 0.3) is 0 Å². The zero-order valence-electron chi connectivity index (χ0n) is 21.9. The zero-order chi connectivity index (χ0) is 27.3. The fraction of sp³-hybridized carbons (Fsp3) is 0.367. The Bertz CT molecular complexity index is 1250. The molecule has 0 bridgehead atoms. The lowest BCUT2D eigenvalue weighted by atomic mass is 9.91. The second-order valence-electron chi connectivity index (χ2n) is 10.0. The summed E-state index contributed by atoms with van der Waals surface area (Å²) >= 11 is 0. The summed E-state index contributed by atoms with van der Waals surface area (Å²) in [4.78, 5) is 11.5. The van der Waals surface area contributed by atoms with Gasteiger partial charge < -0.3 is 23.7 Å². The second kappa shape index (κ2) is 12.0. The van der Waals surface area contributed by atoms with Crippen LogP contribution in [0.25, 0.3) is 11.1 Å². The van der Waals surface area contributed by atoms with Gasteiger partial charge in [0.05, 0.1) is 26.9 Å². The van der Waals surface area contributed by atoms with Crippen LogP contribution in [0.1, 0.15) is 17.5 Å². The number of rotatable bonds is 11. The number of hydrogen-bond donors (Lipinski definition) is 2. The van der Waals surface area contributed by atoms with E-state index in [1.165, 1.54) is 7.11 Å². The molecule has 2 fully saturated rings. The maximum absolute atomic E-state index is 11.5. The Morgan fingerprint density at radius 2 is 1.69 bits per heavy atom. The number of carbonyl (C=O) groups excluding carboxylic acids is 1. The smallest absolute Gasteiger partial charge is 0.331 e. The Hall–Kier alpha value is -3.08. The number of esters is 1. The number of benzene rings is 3. The van der Waals surface area contributed by atoms with E-state index >= 15 is 0 Å². The highest BCUT2D eigenvalue weighted by molar-refractivity contribution is 8.24. The van der Waals surface area contributed by atoms with E-state index in [4.69, 9.17) is 18.9 Å². The Morgan fingerprint density at radius 1 is 0.974 bits per heavy atom. The van der Waals surface area contributed by atoms with Crippen molar-refractivity contribution in [2.75, 3.05) is 45.0 Å². The first-order chi connectivity index (χ1) is 18.8. The first-order valence-corrected chi connectivity index (χ1v) is 14.8. The summed E-state index contributed by atoms with van der Waals surface area (Å²) in [5, 5.41) is 0. The number of methoxy groups -OCH3 is 1. The van der Waals surface area contributed by atoms with Gasteiger partial charge in [-0.1, -0.05) is 42.5 Å². The molecule has 0 aromatic heterocycles. The first-order valence-electron chi connectivity index (χ1n) is 12.9. The van der Waals surface area contributed by atoms with Crippen LogP contribution >= 0.6 is 10.6 Å². The van der Waals surface area contributed by atoms with Gasteiger partial charge in [0.1, 0.15) is 30.3 Å². The van der Waals surface area contributed by atoms with Gasteiger partial charge in [-0.3, -0.25) is 9.11 Å². The van der Waals surface area contributed by atoms with E-state index in [1.807, 2.05) is 60.7 Å². The van der Waals surface area contributed by atoms with Crippen LogP contribution in [-0.2, 0) is 31.2 Å². The highest BCUT2D eigenvalue weighted by Gasteiger charge is 2.42. The molecule has 9 heteroatoms. The van der Waals surface area contributed by atoms with Crippen molar-refractivity contribution in [2.24, 2.45) is 5.92 Å². The first kappa shape index (κ1) is 27.5. The van der Waals surface area contributed by atoms with Crippen LogP contribution < -0.4 is 9.47 Å². The molecule has 3 aromatic rings. The highest BCUT2D eigenvalue weighted by Crippen LogP contribution is 2.48. The fourth-order valence-corrected chi connectivity index (χ4v) is 6.62. The maximum atomic E-state index is 11.5. The van der Waals surface area contributed by atoms with Crippen LogP contribution in [0.2, 0.25) is 0 Å². The molecule has 2 heterocycles. The quantitative estimate of drug-likeness (QED) is 0.300. The second-order valence-corrected chi connectivity index (χ2v) is 12.4. The van der Waals surface area contributed by atoms with Gasteiger partial charge in [-0.25, -0.2) is 4.79 Å². The van der Waals surface area contributed by atoms with Crippen molar-refractivity contribution < 1.29 is 37.6 Å². The number of ether oxygens (including phenoxy) is 5. The monoisotopic (exact) mass is 554 g/mol. The molecule has 39 heavy (non-hydrogen) atoms. The SMILES string of the molecule is COC(=O)COC1(c2ccc(OCc3cccc(-c4ccc(OCC5CCS(O)(O)C5)cc4)c3)cc2)COC1. The van der Waals surface area contributed by atoms with Gasteiger partial charge in [-0.2, -0.15) is 10.6 Å². The summed E-state index contributed by atoms with van der Waals surface area (Å²) in [6.07, 6.45) is 0.792. The van der Waals surface area contributed by atoms with Crippen molar-refractivity contribution >= 4 is 16.6 Å². The van der Waals surface area contributed by atoms with Crippen LogP contribution in [0.3, 0.4) is 0 Å². The lowest BCUT2D eigenvalue weighted by molar-refractivity contribution is -0.220. The third kappa shape index (κ3) is 6.93. The summed E-state index contributed by atoms with van der Waals surface area (Å²) < 4.78 is 47.4. The molecular formula is C30H34O8S. The Balaban J connectivity index is 1.14. The zero-order valence-corrected chi connectivity index (χ0v) is 22.7. The van der Waals surface area contributed by atoms with Crippen LogP contribution in [0.4, 0.5) is 0 Å². The summed E-state index contributed by atoms with van der Waals surface area (Å²) in [5.41, 5.74) is 3.49. The summed E-state index contributed by atoms with van der Waals surface area (Å²) in [7, 11) is -1.06. The third-order valence-electron chi connectivity index (χ3n) is 7.11. The van der Waals surface area contributed by atoms with Crippen molar-refractivity contribution in [3.63, 3.8) is 0 Å². The average Bonchev–Trinajstić information content (AvgIpc) is 3.29. The van der Waals surface area contributed by atoms with Gasteiger partial charge in [0.2, 0.25) is 0 Å². The van der Waals surface area contributed by atoms with Gasteiger partial charge >= 0.3 is 5.97 Å². The predicted molar refractivity (Wildman–Crippen MR) is 149 cm³/mol. The molecule has 0 spiro atoms. The Kier molecular flexibility index (Phi) is 8.44. The molecule has 2 saturated heterocycles. The standard InChI is InChI=1S/C30H34O8S/c1-34-29(31)18-38-30(20-35-21-30)26-7-11-28(12-8-26)36-16-22-3-2-4-25(15-22)24-5-9-27(10-6-24)37-17-23-13-14-39(32,33)19-23/h2-12,15,23,32-33H,13-14,16-21H2,1H3. The lowest BCUT2D eigenvalue weighted by Crippen LogP contribution is -2.49. The molecule has 5 rings (SSSR count). The molecule has 0 radical (unpaired) electrons. The molecule has 0 saturated carbocycles. The van der Waals surface area contributed by atoms with Gasteiger partial charge in [-0.15, -0.1) is 0 Å². The van der Waals surface area contributed by atoms with E-state index in [0.29, 0.717) is 37.9 Å². The van der Waals surface area contributed by atoms with Crippen molar-refractivity contribution in [2.45, 2.75) is 18.6 Å². The minimum Gasteiger partial charge on any atom is -0.493 e. The molecule has 208 valence electrons. The molecule has 1 atom stereocenters. The average molecular weight is 555 g/mol. The van der Waals surface area contributed by atoms with Crippen LogP contribution in [0.15, 0.2) is 72.8 Å². The topological polar surface area (TPSA) is 104 Å². The normalized spacial score (nSPS) is 20.0. The van der Waals surface area contributed by atoms with Crippen LogP contribution in [0, 0.1) is 5.92 Å². The van der Waals surface area contributed by atoms with Crippen molar-refractivity contribution in [1.29, 1.82) is 0 Å². The lowest BCUT2D eigenvalue weighted by Gasteiger charge is -2.41. The van der Waals surface area contributed by atoms with Gasteiger partial charge in [0, 0.05) is 17.4 Å².